The van der Waals surface area contributed by atoms with Crippen LogP contribution in [-0.4, -0.2) is 33.8 Å². The van der Waals surface area contributed by atoms with Gasteiger partial charge in [0.1, 0.15) is 11.3 Å². The first-order valence-electron chi connectivity index (χ1n) is 11.3. The van der Waals surface area contributed by atoms with Gasteiger partial charge in [0.15, 0.2) is 0 Å². The Balaban J connectivity index is 1.79. The molecule has 1 aliphatic heterocycles. The van der Waals surface area contributed by atoms with Gasteiger partial charge in [0.25, 0.3) is 5.91 Å². The van der Waals surface area contributed by atoms with Gasteiger partial charge in [-0.15, -0.1) is 13.2 Å². The van der Waals surface area contributed by atoms with Gasteiger partial charge in [-0.05, 0) is 73.5 Å². The summed E-state index contributed by atoms with van der Waals surface area (Å²) in [6, 6.07) is 11.3. The van der Waals surface area contributed by atoms with E-state index in [0.717, 1.165) is 39.5 Å². The molecule has 0 spiro atoms. The molecular weight excluding hydrogens is 473 g/mol. The Morgan fingerprint density at radius 3 is 1.83 bits per heavy atom. The maximum Gasteiger partial charge on any atom is 0.573 e. The second-order valence-electron chi connectivity index (χ2n) is 8.89. The Hall–Kier alpha value is -3.95. The minimum atomic E-state index is -4.85. The number of nitrogens with one attached hydrogen (secondary N) is 1. The highest BCUT2D eigenvalue weighted by atomic mass is 19.4. The standard InChI is InChI=1S/C26H25F3N4O3/c1-15-13-19(9-11-30-15)17(3)25(18(4)20-10-12-31-16(2)14-20)23(34)33(24(35)32-25)21-5-7-22(8-6-21)36-26(27,28)29/h5-14,17-18H,1-4H3,(H,32,35). The van der Waals surface area contributed by atoms with Gasteiger partial charge in [-0.3, -0.25) is 14.8 Å². The van der Waals surface area contributed by atoms with Crippen LogP contribution in [0.2, 0.25) is 0 Å². The first-order chi connectivity index (χ1) is 16.9. The maximum absolute atomic E-state index is 14.2. The van der Waals surface area contributed by atoms with E-state index >= 15 is 0 Å². The third kappa shape index (κ3) is 4.62. The number of imide groups is 1. The van der Waals surface area contributed by atoms with E-state index in [0.29, 0.717) is 0 Å². The summed E-state index contributed by atoms with van der Waals surface area (Å²) < 4.78 is 41.6. The lowest BCUT2D eigenvalue weighted by Crippen LogP contribution is -2.55. The molecule has 0 bridgehead atoms. The zero-order valence-corrected chi connectivity index (χ0v) is 20.1. The summed E-state index contributed by atoms with van der Waals surface area (Å²) in [7, 11) is 0. The molecule has 3 amide bonds. The van der Waals surface area contributed by atoms with Crippen LogP contribution in [0, 0.1) is 13.8 Å². The van der Waals surface area contributed by atoms with E-state index in [1.54, 1.807) is 24.5 Å². The van der Waals surface area contributed by atoms with Crippen LogP contribution in [0.25, 0.3) is 0 Å². The molecule has 1 aliphatic rings. The quantitative estimate of drug-likeness (QED) is 0.461. The molecule has 4 rings (SSSR count). The monoisotopic (exact) mass is 498 g/mol. The lowest BCUT2D eigenvalue weighted by atomic mass is 9.70. The molecular formula is C26H25F3N4O3. The summed E-state index contributed by atoms with van der Waals surface area (Å²) in [4.78, 5) is 36.9. The number of alkyl halides is 3. The molecule has 0 saturated carbocycles. The highest BCUT2D eigenvalue weighted by Gasteiger charge is 2.58. The van der Waals surface area contributed by atoms with Crippen LogP contribution in [0.3, 0.4) is 0 Å². The Bertz CT molecular complexity index is 1240. The fourth-order valence-corrected chi connectivity index (χ4v) is 4.76. The zero-order chi connectivity index (χ0) is 26.3. The molecule has 188 valence electrons. The maximum atomic E-state index is 14.2. The number of hydrogen-bond donors (Lipinski definition) is 1. The van der Waals surface area contributed by atoms with Crippen molar-refractivity contribution in [2.45, 2.75) is 51.4 Å². The molecule has 2 aromatic heterocycles. The fourth-order valence-electron chi connectivity index (χ4n) is 4.76. The third-order valence-corrected chi connectivity index (χ3v) is 6.61. The number of aromatic nitrogens is 2. The molecule has 3 aromatic rings. The summed E-state index contributed by atoms with van der Waals surface area (Å²) in [6.07, 6.45) is -1.56. The highest BCUT2D eigenvalue weighted by molar-refractivity contribution is 6.24. The number of benzene rings is 1. The van der Waals surface area contributed by atoms with Gasteiger partial charge >= 0.3 is 12.4 Å². The van der Waals surface area contributed by atoms with Crippen molar-refractivity contribution >= 4 is 17.6 Å². The summed E-state index contributed by atoms with van der Waals surface area (Å²) in [5.74, 6) is -1.92. The molecule has 1 aromatic carbocycles. The number of rotatable bonds is 6. The molecule has 0 radical (unpaired) electrons. The van der Waals surface area contributed by atoms with Crippen molar-refractivity contribution in [2.75, 3.05) is 4.90 Å². The van der Waals surface area contributed by atoms with E-state index < -0.39 is 41.4 Å². The number of pyridine rings is 2. The molecule has 7 nitrogen and oxygen atoms in total. The third-order valence-electron chi connectivity index (χ3n) is 6.61. The van der Waals surface area contributed by atoms with Gasteiger partial charge in [-0.2, -0.15) is 0 Å². The van der Waals surface area contributed by atoms with Crippen LogP contribution in [-0.2, 0) is 4.79 Å². The average molecular weight is 499 g/mol. The van der Waals surface area contributed by atoms with Crippen LogP contribution in [0.4, 0.5) is 23.7 Å². The predicted octanol–water partition coefficient (Wildman–Crippen LogP) is 5.39. The van der Waals surface area contributed by atoms with Crippen LogP contribution < -0.4 is 15.0 Å². The Labute approximate surface area is 206 Å². The largest absolute Gasteiger partial charge is 0.573 e. The van der Waals surface area contributed by atoms with E-state index in [-0.39, 0.29) is 5.69 Å². The number of urea groups is 1. The molecule has 2 atom stereocenters. The van der Waals surface area contributed by atoms with Crippen molar-refractivity contribution in [2.24, 2.45) is 0 Å². The number of anilines is 1. The summed E-state index contributed by atoms with van der Waals surface area (Å²) in [5.41, 5.74) is 1.88. The molecule has 36 heavy (non-hydrogen) atoms. The summed E-state index contributed by atoms with van der Waals surface area (Å²) >= 11 is 0. The summed E-state index contributed by atoms with van der Waals surface area (Å²) in [5, 5.41) is 2.94. The Morgan fingerprint density at radius 2 is 1.39 bits per heavy atom. The van der Waals surface area contributed by atoms with Crippen LogP contribution >= 0.6 is 0 Å². The van der Waals surface area contributed by atoms with Gasteiger partial charge in [0.05, 0.1) is 5.69 Å². The zero-order valence-electron chi connectivity index (χ0n) is 20.1. The number of hydrogen-bond acceptors (Lipinski definition) is 5. The van der Waals surface area contributed by atoms with Gasteiger partial charge in [-0.25, -0.2) is 9.69 Å². The fraction of sp³-hybridized carbons (Fsp3) is 0.308. The first kappa shape index (κ1) is 25.2. The minimum Gasteiger partial charge on any atom is -0.406 e. The van der Waals surface area contributed by atoms with Crippen molar-refractivity contribution in [1.82, 2.24) is 15.3 Å². The van der Waals surface area contributed by atoms with E-state index in [4.69, 9.17) is 0 Å². The van der Waals surface area contributed by atoms with Crippen molar-refractivity contribution in [3.63, 3.8) is 0 Å². The lowest BCUT2D eigenvalue weighted by molar-refractivity contribution is -0.274. The van der Waals surface area contributed by atoms with Crippen molar-refractivity contribution < 1.29 is 27.5 Å². The van der Waals surface area contributed by atoms with E-state index in [2.05, 4.69) is 20.0 Å². The topological polar surface area (TPSA) is 84.4 Å². The van der Waals surface area contributed by atoms with Gasteiger partial charge in [0, 0.05) is 35.6 Å². The molecule has 1 saturated heterocycles. The van der Waals surface area contributed by atoms with Crippen molar-refractivity contribution in [1.29, 1.82) is 0 Å². The molecule has 3 heterocycles. The van der Waals surface area contributed by atoms with E-state index in [9.17, 15) is 22.8 Å². The van der Waals surface area contributed by atoms with Gasteiger partial charge in [-0.1, -0.05) is 13.8 Å². The molecule has 0 aliphatic carbocycles. The molecule has 2 unspecified atom stereocenters. The average Bonchev–Trinajstić information content (AvgIpc) is 3.08. The van der Waals surface area contributed by atoms with Crippen molar-refractivity contribution in [3.05, 3.63) is 83.4 Å². The van der Waals surface area contributed by atoms with Crippen LogP contribution in [0.15, 0.2) is 60.9 Å². The molecule has 1 fully saturated rings. The summed E-state index contributed by atoms with van der Waals surface area (Å²) in [6.45, 7) is 7.40. The smallest absolute Gasteiger partial charge is 0.406 e. The van der Waals surface area contributed by atoms with Gasteiger partial charge in [0.2, 0.25) is 0 Å². The van der Waals surface area contributed by atoms with Gasteiger partial charge < -0.3 is 10.1 Å². The lowest BCUT2D eigenvalue weighted by Gasteiger charge is -2.39. The van der Waals surface area contributed by atoms with Crippen LogP contribution in [0.1, 0.15) is 48.2 Å². The SMILES string of the molecule is Cc1cc(C(C)C2(C(C)c3ccnc(C)c3)NC(=O)N(c3ccc(OC(F)(F)F)cc3)C2=O)ccn1. The number of halogens is 3. The Kier molecular flexibility index (Phi) is 6.46. The number of carbonyl (C=O) groups excluding carboxylic acids is 2. The Morgan fingerprint density at radius 1 is 0.889 bits per heavy atom. The molecule has 10 heteroatoms. The molecule has 1 N–H and O–H groups in total. The predicted molar refractivity (Wildman–Crippen MR) is 127 cm³/mol. The van der Waals surface area contributed by atoms with E-state index in [1.807, 2.05) is 39.8 Å². The number of carbonyl (C=O) groups is 2. The highest BCUT2D eigenvalue weighted by Crippen LogP contribution is 2.45. The first-order valence-corrected chi connectivity index (χ1v) is 11.3. The minimum absolute atomic E-state index is 0.130. The number of aryl methyl sites for hydroxylation is 2. The second kappa shape index (κ2) is 9.25. The second-order valence-corrected chi connectivity index (χ2v) is 8.89. The van der Waals surface area contributed by atoms with Crippen molar-refractivity contribution in [3.8, 4) is 5.75 Å². The normalized spacial score (nSPS) is 19.7. The van der Waals surface area contributed by atoms with E-state index in [1.165, 1.54) is 12.1 Å². The number of nitrogens with zero attached hydrogens (tertiary/aromatic N) is 3. The van der Waals surface area contributed by atoms with Crippen LogP contribution in [0.5, 0.6) is 5.75 Å². The number of amides is 3. The number of ether oxygens (including phenoxy) is 1.